The summed E-state index contributed by atoms with van der Waals surface area (Å²) >= 11 is 0. The van der Waals surface area contributed by atoms with Crippen LogP contribution in [0.15, 0.2) is 18.2 Å². The van der Waals surface area contributed by atoms with Crippen molar-refractivity contribution in [1.29, 1.82) is 0 Å². The van der Waals surface area contributed by atoms with Crippen LogP contribution in [-0.4, -0.2) is 25.0 Å². The van der Waals surface area contributed by atoms with Gasteiger partial charge in [0.2, 0.25) is 0 Å². The predicted molar refractivity (Wildman–Crippen MR) is 65.6 cm³/mol. The molecule has 2 nitrogen and oxygen atoms in total. The topological polar surface area (TPSA) is 29.3 Å². The lowest BCUT2D eigenvalue weighted by atomic mass is 10.2. The van der Waals surface area contributed by atoms with E-state index in [1.54, 1.807) is 6.07 Å². The van der Waals surface area contributed by atoms with Gasteiger partial charge in [0.25, 0.3) is 0 Å². The highest BCUT2D eigenvalue weighted by Gasteiger charge is 2.04. The van der Waals surface area contributed by atoms with Crippen molar-refractivity contribution in [3.8, 4) is 0 Å². The maximum absolute atomic E-state index is 13.0. The fourth-order valence-corrected chi connectivity index (χ4v) is 1.73. The van der Waals surface area contributed by atoms with E-state index in [1.165, 1.54) is 12.1 Å². The average molecular weight is 242 g/mol. The Bertz CT molecular complexity index is 342. The summed E-state index contributed by atoms with van der Waals surface area (Å²) in [6, 6.07) is 4.05. The zero-order valence-corrected chi connectivity index (χ0v) is 10.3. The minimum atomic E-state index is -0.792. The SMILES string of the molecule is CN(CCCCCN)Cc1ccc(F)c(F)c1. The van der Waals surface area contributed by atoms with Gasteiger partial charge in [0, 0.05) is 6.54 Å². The lowest BCUT2D eigenvalue weighted by Gasteiger charge is -2.16. The Morgan fingerprint density at radius 3 is 2.53 bits per heavy atom. The standard InChI is InChI=1S/C13H20F2N2/c1-17(8-4-2-3-7-16)10-11-5-6-12(14)13(15)9-11/h5-6,9H,2-4,7-8,10,16H2,1H3. The van der Waals surface area contributed by atoms with Crippen molar-refractivity contribution in [2.75, 3.05) is 20.1 Å². The molecular weight excluding hydrogens is 222 g/mol. The second-order valence-corrected chi connectivity index (χ2v) is 4.34. The molecule has 0 amide bonds. The largest absolute Gasteiger partial charge is 0.330 e. The van der Waals surface area contributed by atoms with E-state index >= 15 is 0 Å². The molecule has 0 saturated heterocycles. The van der Waals surface area contributed by atoms with Crippen molar-refractivity contribution in [3.05, 3.63) is 35.4 Å². The summed E-state index contributed by atoms with van der Waals surface area (Å²) in [6.45, 7) is 2.31. The van der Waals surface area contributed by atoms with Crippen LogP contribution >= 0.6 is 0 Å². The maximum atomic E-state index is 13.0. The maximum Gasteiger partial charge on any atom is 0.159 e. The van der Waals surface area contributed by atoms with Gasteiger partial charge >= 0.3 is 0 Å². The number of nitrogens with zero attached hydrogens (tertiary/aromatic N) is 1. The van der Waals surface area contributed by atoms with Crippen LogP contribution in [0.5, 0.6) is 0 Å². The van der Waals surface area contributed by atoms with Crippen LogP contribution in [0.1, 0.15) is 24.8 Å². The molecule has 0 radical (unpaired) electrons. The molecule has 0 bridgehead atoms. The van der Waals surface area contributed by atoms with Crippen molar-refractivity contribution in [2.45, 2.75) is 25.8 Å². The van der Waals surface area contributed by atoms with E-state index in [0.29, 0.717) is 6.54 Å². The second-order valence-electron chi connectivity index (χ2n) is 4.34. The van der Waals surface area contributed by atoms with Gasteiger partial charge in [-0.2, -0.15) is 0 Å². The Hall–Kier alpha value is -1.00. The fourth-order valence-electron chi connectivity index (χ4n) is 1.73. The quantitative estimate of drug-likeness (QED) is 0.744. The molecule has 0 aromatic heterocycles. The van der Waals surface area contributed by atoms with Crippen molar-refractivity contribution in [1.82, 2.24) is 4.90 Å². The molecule has 96 valence electrons. The Morgan fingerprint density at radius 1 is 1.12 bits per heavy atom. The van der Waals surface area contributed by atoms with Crippen molar-refractivity contribution in [3.63, 3.8) is 0 Å². The molecular formula is C13H20F2N2. The lowest BCUT2D eigenvalue weighted by Crippen LogP contribution is -2.19. The molecule has 1 aromatic carbocycles. The molecule has 2 N–H and O–H groups in total. The van der Waals surface area contributed by atoms with Gasteiger partial charge in [0.15, 0.2) is 11.6 Å². The van der Waals surface area contributed by atoms with Crippen LogP contribution in [0.2, 0.25) is 0 Å². The highest BCUT2D eigenvalue weighted by atomic mass is 19.2. The van der Waals surface area contributed by atoms with E-state index in [4.69, 9.17) is 5.73 Å². The van der Waals surface area contributed by atoms with Crippen LogP contribution in [-0.2, 0) is 6.54 Å². The normalized spacial score (nSPS) is 11.1. The molecule has 0 fully saturated rings. The number of hydrogen-bond acceptors (Lipinski definition) is 2. The van der Waals surface area contributed by atoms with Gasteiger partial charge in [0.1, 0.15) is 0 Å². The van der Waals surface area contributed by atoms with E-state index in [0.717, 1.165) is 37.9 Å². The average Bonchev–Trinajstić information content (AvgIpc) is 2.30. The molecule has 0 heterocycles. The first kappa shape index (κ1) is 14.1. The summed E-state index contributed by atoms with van der Waals surface area (Å²) in [6.07, 6.45) is 3.23. The van der Waals surface area contributed by atoms with Crippen LogP contribution < -0.4 is 5.73 Å². The van der Waals surface area contributed by atoms with E-state index < -0.39 is 11.6 Å². The minimum Gasteiger partial charge on any atom is -0.330 e. The molecule has 0 aliphatic rings. The Labute approximate surface area is 101 Å². The molecule has 0 aliphatic heterocycles. The van der Waals surface area contributed by atoms with Crippen LogP contribution in [0.3, 0.4) is 0 Å². The number of halogens is 2. The summed E-state index contributed by atoms with van der Waals surface area (Å²) < 4.78 is 25.7. The molecule has 1 aromatic rings. The monoisotopic (exact) mass is 242 g/mol. The summed E-state index contributed by atoms with van der Waals surface area (Å²) in [5, 5.41) is 0. The van der Waals surface area contributed by atoms with E-state index in [-0.39, 0.29) is 0 Å². The van der Waals surface area contributed by atoms with Crippen LogP contribution in [0, 0.1) is 11.6 Å². The zero-order chi connectivity index (χ0) is 12.7. The number of unbranched alkanes of at least 4 members (excludes halogenated alkanes) is 2. The smallest absolute Gasteiger partial charge is 0.159 e. The Morgan fingerprint density at radius 2 is 1.88 bits per heavy atom. The van der Waals surface area contributed by atoms with Crippen molar-refractivity contribution in [2.24, 2.45) is 5.73 Å². The zero-order valence-electron chi connectivity index (χ0n) is 10.3. The molecule has 0 unspecified atom stereocenters. The Kier molecular flexibility index (Phi) is 6.08. The second kappa shape index (κ2) is 7.35. The molecule has 0 spiro atoms. The predicted octanol–water partition coefficient (Wildman–Crippen LogP) is 2.53. The molecule has 0 saturated carbocycles. The van der Waals surface area contributed by atoms with Crippen molar-refractivity contribution >= 4 is 0 Å². The first-order valence-electron chi connectivity index (χ1n) is 5.96. The van der Waals surface area contributed by atoms with E-state index in [9.17, 15) is 8.78 Å². The van der Waals surface area contributed by atoms with E-state index in [1.807, 2.05) is 7.05 Å². The third-order valence-corrected chi connectivity index (χ3v) is 2.68. The fraction of sp³-hybridized carbons (Fsp3) is 0.538. The first-order chi connectivity index (χ1) is 8.13. The minimum absolute atomic E-state index is 0.639. The first-order valence-corrected chi connectivity index (χ1v) is 5.96. The summed E-state index contributed by atoms with van der Waals surface area (Å²) in [5.41, 5.74) is 6.21. The van der Waals surface area contributed by atoms with Gasteiger partial charge in [0.05, 0.1) is 0 Å². The molecule has 17 heavy (non-hydrogen) atoms. The van der Waals surface area contributed by atoms with Crippen LogP contribution in [0.25, 0.3) is 0 Å². The summed E-state index contributed by atoms with van der Waals surface area (Å²) in [4.78, 5) is 2.10. The van der Waals surface area contributed by atoms with Crippen LogP contribution in [0.4, 0.5) is 8.78 Å². The lowest BCUT2D eigenvalue weighted by molar-refractivity contribution is 0.316. The number of hydrogen-bond donors (Lipinski definition) is 1. The third-order valence-electron chi connectivity index (χ3n) is 2.68. The summed E-state index contributed by atoms with van der Waals surface area (Å²) in [7, 11) is 1.98. The van der Waals surface area contributed by atoms with Gasteiger partial charge in [-0.1, -0.05) is 12.5 Å². The molecule has 1 rings (SSSR count). The number of benzene rings is 1. The molecule has 4 heteroatoms. The highest BCUT2D eigenvalue weighted by molar-refractivity contribution is 5.17. The van der Waals surface area contributed by atoms with E-state index in [2.05, 4.69) is 4.90 Å². The Balaban J connectivity index is 2.34. The number of nitrogens with two attached hydrogens (primary N) is 1. The molecule has 0 aliphatic carbocycles. The summed E-state index contributed by atoms with van der Waals surface area (Å²) in [5.74, 6) is -1.57. The third kappa shape index (κ3) is 5.24. The van der Waals surface area contributed by atoms with Gasteiger partial charge in [-0.3, -0.25) is 0 Å². The number of rotatable bonds is 7. The van der Waals surface area contributed by atoms with Gasteiger partial charge in [-0.25, -0.2) is 8.78 Å². The molecule has 0 atom stereocenters. The van der Waals surface area contributed by atoms with Gasteiger partial charge in [-0.05, 0) is 50.7 Å². The van der Waals surface area contributed by atoms with Gasteiger partial charge < -0.3 is 10.6 Å². The van der Waals surface area contributed by atoms with Crippen molar-refractivity contribution < 1.29 is 8.78 Å². The van der Waals surface area contributed by atoms with Gasteiger partial charge in [-0.15, -0.1) is 0 Å². The highest BCUT2D eigenvalue weighted by Crippen LogP contribution is 2.10.